The molecule has 1 aromatic rings. The van der Waals surface area contributed by atoms with Crippen molar-refractivity contribution >= 4 is 28.1 Å². The molecule has 27 heavy (non-hydrogen) atoms. The summed E-state index contributed by atoms with van der Waals surface area (Å²) in [7, 11) is 0. The van der Waals surface area contributed by atoms with Crippen LogP contribution in [0.3, 0.4) is 0 Å². The topological polar surface area (TPSA) is 98.7 Å². The number of hydrogen-bond acceptors (Lipinski definition) is 2. The Morgan fingerprint density at radius 1 is 1.15 bits per heavy atom. The predicted octanol–water partition coefficient (Wildman–Crippen LogP) is 4.85. The fraction of sp³-hybridized carbons (Fsp3) is 0.529. The summed E-state index contributed by atoms with van der Waals surface area (Å²) in [5, 5.41) is 23.5. The standard InChI is InChI=1S/C17H22BrF3N2O4/c1-15(2,3)16(7-8-18,23-14(26)27)12(22-13(24)25)10-5-4-6-11(9-10)17(19,20)21/h4-6,9,12,22-23H,7-8H2,1-3H3,(H,24,25)(H,26,27). The summed E-state index contributed by atoms with van der Waals surface area (Å²) in [6, 6.07) is 2.95. The van der Waals surface area contributed by atoms with Gasteiger partial charge in [0.1, 0.15) is 0 Å². The Balaban J connectivity index is 3.70. The molecule has 0 saturated carbocycles. The van der Waals surface area contributed by atoms with Crippen LogP contribution >= 0.6 is 15.9 Å². The highest BCUT2D eigenvalue weighted by molar-refractivity contribution is 9.09. The molecule has 0 fully saturated rings. The van der Waals surface area contributed by atoms with Gasteiger partial charge >= 0.3 is 18.4 Å². The van der Waals surface area contributed by atoms with E-state index in [2.05, 4.69) is 26.6 Å². The zero-order valence-corrected chi connectivity index (χ0v) is 16.6. The zero-order chi connectivity index (χ0) is 21.0. The molecule has 6 nitrogen and oxygen atoms in total. The van der Waals surface area contributed by atoms with Crippen LogP contribution in [-0.2, 0) is 6.18 Å². The predicted molar refractivity (Wildman–Crippen MR) is 97.1 cm³/mol. The molecule has 0 aliphatic rings. The quantitative estimate of drug-likeness (QED) is 0.461. The van der Waals surface area contributed by atoms with Crippen molar-refractivity contribution in [1.29, 1.82) is 0 Å². The van der Waals surface area contributed by atoms with Crippen molar-refractivity contribution in [3.8, 4) is 0 Å². The van der Waals surface area contributed by atoms with Gasteiger partial charge in [-0.3, -0.25) is 0 Å². The Kier molecular flexibility index (Phi) is 7.15. The van der Waals surface area contributed by atoms with Crippen molar-refractivity contribution in [2.24, 2.45) is 5.41 Å². The third kappa shape index (κ3) is 5.50. The lowest BCUT2D eigenvalue weighted by molar-refractivity contribution is -0.137. The first-order chi connectivity index (χ1) is 12.2. The minimum absolute atomic E-state index is 0.0110. The Bertz CT molecular complexity index is 691. The summed E-state index contributed by atoms with van der Waals surface area (Å²) in [4.78, 5) is 22.9. The van der Waals surface area contributed by atoms with Crippen molar-refractivity contribution < 1.29 is 33.0 Å². The number of benzene rings is 1. The first kappa shape index (κ1) is 23.1. The van der Waals surface area contributed by atoms with Crippen LogP contribution in [0.2, 0.25) is 0 Å². The van der Waals surface area contributed by atoms with E-state index in [1.807, 2.05) is 0 Å². The molecule has 0 bridgehead atoms. The maximum absolute atomic E-state index is 13.1. The van der Waals surface area contributed by atoms with Gasteiger partial charge in [-0.15, -0.1) is 0 Å². The molecule has 0 heterocycles. The lowest BCUT2D eigenvalue weighted by Crippen LogP contribution is -2.64. The Morgan fingerprint density at radius 3 is 2.15 bits per heavy atom. The molecule has 2 atom stereocenters. The van der Waals surface area contributed by atoms with E-state index in [9.17, 15) is 33.0 Å². The maximum atomic E-state index is 13.1. The summed E-state index contributed by atoms with van der Waals surface area (Å²) in [6.45, 7) is 5.07. The van der Waals surface area contributed by atoms with Gasteiger partial charge in [-0.25, -0.2) is 9.59 Å². The molecule has 0 aliphatic carbocycles. The minimum Gasteiger partial charge on any atom is -0.465 e. The highest BCUT2D eigenvalue weighted by Crippen LogP contribution is 2.44. The highest BCUT2D eigenvalue weighted by atomic mass is 79.9. The first-order valence-corrected chi connectivity index (χ1v) is 9.10. The van der Waals surface area contributed by atoms with Gasteiger partial charge < -0.3 is 20.8 Å². The maximum Gasteiger partial charge on any atom is 0.416 e. The van der Waals surface area contributed by atoms with Gasteiger partial charge in [-0.1, -0.05) is 48.8 Å². The molecule has 10 heteroatoms. The van der Waals surface area contributed by atoms with Gasteiger partial charge in [0.15, 0.2) is 0 Å². The largest absolute Gasteiger partial charge is 0.465 e. The number of halogens is 4. The number of rotatable bonds is 6. The molecule has 0 saturated heterocycles. The zero-order valence-electron chi connectivity index (χ0n) is 15.0. The van der Waals surface area contributed by atoms with Crippen LogP contribution in [0, 0.1) is 5.41 Å². The molecular weight excluding hydrogens is 433 g/mol. The third-order valence-electron chi connectivity index (χ3n) is 4.47. The van der Waals surface area contributed by atoms with Crippen LogP contribution in [0.1, 0.15) is 44.4 Å². The summed E-state index contributed by atoms with van der Waals surface area (Å²) in [6.07, 6.45) is -7.38. The van der Waals surface area contributed by atoms with E-state index in [1.54, 1.807) is 20.8 Å². The fourth-order valence-corrected chi connectivity index (χ4v) is 3.75. The van der Waals surface area contributed by atoms with Crippen molar-refractivity contribution in [3.63, 3.8) is 0 Å². The Morgan fingerprint density at radius 2 is 1.74 bits per heavy atom. The van der Waals surface area contributed by atoms with E-state index in [-0.39, 0.29) is 12.0 Å². The van der Waals surface area contributed by atoms with Crippen LogP contribution in [-0.4, -0.2) is 33.3 Å². The van der Waals surface area contributed by atoms with Gasteiger partial charge in [0, 0.05) is 5.33 Å². The van der Waals surface area contributed by atoms with Gasteiger partial charge in [0.2, 0.25) is 0 Å². The van der Waals surface area contributed by atoms with Crippen LogP contribution in [0.4, 0.5) is 22.8 Å². The second kappa shape index (κ2) is 8.37. The number of nitrogens with one attached hydrogen (secondary N) is 2. The smallest absolute Gasteiger partial charge is 0.416 e. The number of carboxylic acid groups (broad SMARTS) is 2. The number of amides is 2. The van der Waals surface area contributed by atoms with Crippen molar-refractivity contribution in [2.45, 2.75) is 44.9 Å². The van der Waals surface area contributed by atoms with E-state index in [0.29, 0.717) is 5.33 Å². The fourth-order valence-electron chi connectivity index (χ4n) is 3.12. The molecular formula is C17H22BrF3N2O4. The third-order valence-corrected chi connectivity index (χ3v) is 4.86. The van der Waals surface area contributed by atoms with Crippen molar-refractivity contribution in [3.05, 3.63) is 35.4 Å². The minimum atomic E-state index is -4.62. The van der Waals surface area contributed by atoms with Gasteiger partial charge in [-0.2, -0.15) is 13.2 Å². The van der Waals surface area contributed by atoms with Crippen molar-refractivity contribution in [2.75, 3.05) is 5.33 Å². The van der Waals surface area contributed by atoms with E-state index in [1.165, 1.54) is 6.07 Å². The lowest BCUT2D eigenvalue weighted by Gasteiger charge is -2.49. The summed E-state index contributed by atoms with van der Waals surface area (Å²) >= 11 is 3.23. The molecule has 1 aromatic carbocycles. The van der Waals surface area contributed by atoms with Gasteiger partial charge in [-0.05, 0) is 29.5 Å². The number of hydrogen-bond donors (Lipinski definition) is 4. The Labute approximate surface area is 163 Å². The molecule has 0 spiro atoms. The van der Waals surface area contributed by atoms with Crippen LogP contribution < -0.4 is 10.6 Å². The van der Waals surface area contributed by atoms with E-state index >= 15 is 0 Å². The first-order valence-electron chi connectivity index (χ1n) is 7.98. The highest BCUT2D eigenvalue weighted by Gasteiger charge is 2.50. The van der Waals surface area contributed by atoms with Crippen molar-refractivity contribution in [1.82, 2.24) is 10.6 Å². The lowest BCUT2D eigenvalue weighted by atomic mass is 9.65. The number of alkyl halides is 4. The van der Waals surface area contributed by atoms with E-state index in [4.69, 9.17) is 0 Å². The average Bonchev–Trinajstić information content (AvgIpc) is 2.49. The molecule has 0 aromatic heterocycles. The summed E-state index contributed by atoms with van der Waals surface area (Å²) < 4.78 is 39.4. The van der Waals surface area contributed by atoms with Crippen LogP contribution in [0.25, 0.3) is 0 Å². The van der Waals surface area contributed by atoms with E-state index < -0.39 is 40.9 Å². The molecule has 2 unspecified atom stereocenters. The molecule has 4 N–H and O–H groups in total. The SMILES string of the molecule is CC(C)(C)C(CCBr)(NC(=O)O)C(NC(=O)O)c1cccc(C(F)(F)F)c1. The van der Waals surface area contributed by atoms with Gasteiger partial charge in [0.25, 0.3) is 0 Å². The Hall–Kier alpha value is -1.97. The molecule has 0 radical (unpaired) electrons. The summed E-state index contributed by atoms with van der Waals surface area (Å²) in [5.41, 5.74) is -3.21. The number of carbonyl (C=O) groups is 2. The molecule has 1 rings (SSSR count). The average molecular weight is 455 g/mol. The summed E-state index contributed by atoms with van der Waals surface area (Å²) in [5.74, 6) is 0. The second-order valence-electron chi connectivity index (χ2n) is 7.10. The van der Waals surface area contributed by atoms with Crippen LogP contribution in [0.15, 0.2) is 24.3 Å². The molecule has 0 aliphatic heterocycles. The van der Waals surface area contributed by atoms with E-state index in [0.717, 1.165) is 18.2 Å². The van der Waals surface area contributed by atoms with Gasteiger partial charge in [0.05, 0.1) is 17.1 Å². The monoisotopic (exact) mass is 454 g/mol. The normalized spacial score (nSPS) is 15.5. The van der Waals surface area contributed by atoms with Crippen LogP contribution in [0.5, 0.6) is 0 Å². The molecule has 2 amide bonds. The molecule has 152 valence electrons. The second-order valence-corrected chi connectivity index (χ2v) is 7.89.